The van der Waals surface area contributed by atoms with Crippen molar-refractivity contribution in [1.29, 1.82) is 0 Å². The van der Waals surface area contributed by atoms with Gasteiger partial charge in [0.25, 0.3) is 0 Å². The topological polar surface area (TPSA) is 100 Å². The zero-order chi connectivity index (χ0) is 38.1. The maximum atomic E-state index is 13.2. The molecule has 1 amide bonds. The fourth-order valence-corrected chi connectivity index (χ4v) is 4.87. The zero-order valence-electron chi connectivity index (χ0n) is 30.5. The van der Waals surface area contributed by atoms with E-state index in [9.17, 15) is 22.8 Å². The quantitative estimate of drug-likeness (QED) is 0.111. The summed E-state index contributed by atoms with van der Waals surface area (Å²) >= 11 is 0. The van der Waals surface area contributed by atoms with Crippen LogP contribution < -0.4 is 4.74 Å². The van der Waals surface area contributed by atoms with E-state index in [2.05, 4.69) is 11.9 Å². The molecule has 9 nitrogen and oxygen atoms in total. The van der Waals surface area contributed by atoms with Crippen LogP contribution in [0.15, 0.2) is 89.4 Å². The summed E-state index contributed by atoms with van der Waals surface area (Å²) in [6.07, 6.45) is -2.14. The van der Waals surface area contributed by atoms with Crippen LogP contribution in [0.25, 0.3) is 28.4 Å². The Morgan fingerprint density at radius 3 is 2.13 bits per heavy atom. The number of rotatable bonds is 11. The molecule has 0 aliphatic rings. The Kier molecular flexibility index (Phi) is 12.8. The molecule has 278 valence electrons. The molecule has 1 aromatic heterocycles. The average Bonchev–Trinajstić information content (AvgIpc) is 3.50. The van der Waals surface area contributed by atoms with E-state index >= 15 is 0 Å². The number of halogens is 3. The lowest BCUT2D eigenvalue weighted by atomic mass is 9.99. The minimum absolute atomic E-state index is 0.00196. The molecule has 0 unspecified atom stereocenters. The first-order chi connectivity index (χ1) is 24.4. The van der Waals surface area contributed by atoms with Crippen LogP contribution in [0.5, 0.6) is 5.75 Å². The number of amides is 1. The molecule has 0 saturated heterocycles. The summed E-state index contributed by atoms with van der Waals surface area (Å²) in [4.78, 5) is 35.5. The van der Waals surface area contributed by atoms with Crippen molar-refractivity contribution >= 4 is 17.8 Å². The van der Waals surface area contributed by atoms with Crippen LogP contribution in [-0.4, -0.2) is 40.0 Å². The number of oxazole rings is 1. The van der Waals surface area contributed by atoms with Gasteiger partial charge in [0.2, 0.25) is 5.89 Å². The number of allylic oxidation sites excluding steroid dienone is 1. The van der Waals surface area contributed by atoms with E-state index in [0.29, 0.717) is 29.2 Å². The van der Waals surface area contributed by atoms with Crippen molar-refractivity contribution in [2.45, 2.75) is 91.7 Å². The van der Waals surface area contributed by atoms with Crippen LogP contribution in [0.3, 0.4) is 0 Å². The summed E-state index contributed by atoms with van der Waals surface area (Å²) in [5.41, 5.74) is 0.835. The molecule has 0 aliphatic heterocycles. The number of hydroxylamine groups is 2. The Morgan fingerprint density at radius 2 is 1.52 bits per heavy atom. The van der Waals surface area contributed by atoms with Gasteiger partial charge < -0.3 is 18.6 Å². The highest BCUT2D eigenvalue weighted by Gasteiger charge is 2.31. The second-order valence-electron chi connectivity index (χ2n) is 14.0. The number of carbonyl (C=O) groups is 2. The fourth-order valence-electron chi connectivity index (χ4n) is 4.87. The van der Waals surface area contributed by atoms with Crippen LogP contribution in [0.2, 0.25) is 0 Å². The van der Waals surface area contributed by atoms with E-state index in [1.165, 1.54) is 12.1 Å². The van der Waals surface area contributed by atoms with Gasteiger partial charge in [0.1, 0.15) is 29.3 Å². The molecule has 4 aromatic rings. The van der Waals surface area contributed by atoms with Crippen LogP contribution in [0.4, 0.5) is 22.8 Å². The van der Waals surface area contributed by atoms with Gasteiger partial charge in [-0.2, -0.15) is 13.2 Å². The number of unbranched alkanes of at least 4 members (excludes halogenated alkanes) is 1. The molecule has 0 N–H and O–H groups in total. The first-order valence-corrected chi connectivity index (χ1v) is 17.0. The molecular weight excluding hydrogens is 677 g/mol. The third-order valence-corrected chi connectivity index (χ3v) is 7.25. The molecule has 0 spiro atoms. The molecule has 4 rings (SSSR count). The lowest BCUT2D eigenvalue weighted by molar-refractivity contribution is -0.137. The third-order valence-electron chi connectivity index (χ3n) is 7.25. The van der Waals surface area contributed by atoms with E-state index in [1.54, 1.807) is 53.7 Å². The van der Waals surface area contributed by atoms with Gasteiger partial charge in [-0.15, -0.1) is 5.06 Å². The zero-order valence-corrected chi connectivity index (χ0v) is 30.5. The first kappa shape index (κ1) is 39.5. The predicted molar refractivity (Wildman–Crippen MR) is 191 cm³/mol. The van der Waals surface area contributed by atoms with Crippen molar-refractivity contribution in [3.05, 3.63) is 102 Å². The number of hydrogen-bond acceptors (Lipinski definition) is 8. The van der Waals surface area contributed by atoms with Gasteiger partial charge >= 0.3 is 18.4 Å². The molecule has 0 fully saturated rings. The molecule has 52 heavy (non-hydrogen) atoms. The van der Waals surface area contributed by atoms with E-state index in [4.69, 9.17) is 23.5 Å². The standard InChI is InChI=1S/C40H45F3N2O7/c1-8-9-14-27(23-24-45(36(46)50-38(2,3)4)52-37(47)51-39(5,6)7)30-17-13-18-32(25-30)48-26-33-34(28-15-11-10-12-16-28)49-35(44-33)29-19-21-31(22-20-29)40(41,42)43/h10-13,15-23,25H,8-9,14,24,26H2,1-7H3/b27-23+. The summed E-state index contributed by atoms with van der Waals surface area (Å²) in [5, 5.41) is 0.829. The number of ether oxygens (including phenoxy) is 3. The molecule has 1 heterocycles. The summed E-state index contributed by atoms with van der Waals surface area (Å²) in [7, 11) is 0. The number of carbonyl (C=O) groups excluding carboxylic acids is 2. The van der Waals surface area contributed by atoms with E-state index in [1.807, 2.05) is 48.5 Å². The van der Waals surface area contributed by atoms with Gasteiger partial charge in [-0.05, 0) is 102 Å². The second kappa shape index (κ2) is 16.8. The Bertz CT molecular complexity index is 1820. The summed E-state index contributed by atoms with van der Waals surface area (Å²) in [5.74, 6) is 1.11. The molecular formula is C40H45F3N2O7. The lowest BCUT2D eigenvalue weighted by Crippen LogP contribution is -2.40. The first-order valence-electron chi connectivity index (χ1n) is 17.0. The summed E-state index contributed by atoms with van der Waals surface area (Å²) in [6, 6.07) is 21.3. The molecule has 0 aliphatic carbocycles. The Balaban J connectivity index is 1.59. The van der Waals surface area contributed by atoms with Crippen LogP contribution >= 0.6 is 0 Å². The maximum absolute atomic E-state index is 13.2. The fraction of sp³-hybridized carbons (Fsp3) is 0.375. The highest BCUT2D eigenvalue weighted by molar-refractivity contribution is 5.72. The molecule has 0 radical (unpaired) electrons. The molecule has 12 heteroatoms. The van der Waals surface area contributed by atoms with Gasteiger partial charge in [-0.25, -0.2) is 14.6 Å². The van der Waals surface area contributed by atoms with Crippen LogP contribution in [-0.2, 0) is 27.1 Å². The van der Waals surface area contributed by atoms with Crippen molar-refractivity contribution in [2.24, 2.45) is 0 Å². The van der Waals surface area contributed by atoms with Crippen molar-refractivity contribution < 1.29 is 46.2 Å². The predicted octanol–water partition coefficient (Wildman–Crippen LogP) is 11.3. The Morgan fingerprint density at radius 1 is 0.846 bits per heavy atom. The van der Waals surface area contributed by atoms with E-state index in [-0.39, 0.29) is 19.0 Å². The normalized spacial score (nSPS) is 12.3. The lowest BCUT2D eigenvalue weighted by Gasteiger charge is -2.26. The largest absolute Gasteiger partial charge is 0.534 e. The number of hydrogen-bond donors (Lipinski definition) is 0. The van der Waals surface area contributed by atoms with Gasteiger partial charge in [0.15, 0.2) is 5.76 Å². The third kappa shape index (κ3) is 11.9. The SMILES string of the molecule is CCCC/C(=C\CN(OC(=O)OC(C)(C)C)C(=O)OC(C)(C)C)c1cccc(OCc2nc(-c3ccc(C(F)(F)F)cc3)oc2-c2ccccc2)c1. The monoisotopic (exact) mass is 722 g/mol. The van der Waals surface area contributed by atoms with Crippen molar-refractivity contribution in [1.82, 2.24) is 10.0 Å². The van der Waals surface area contributed by atoms with Gasteiger partial charge in [-0.3, -0.25) is 4.84 Å². The van der Waals surface area contributed by atoms with Crippen LogP contribution in [0.1, 0.15) is 84.5 Å². The van der Waals surface area contributed by atoms with Gasteiger partial charge in [0, 0.05) is 11.1 Å². The highest BCUT2D eigenvalue weighted by Crippen LogP contribution is 2.34. The van der Waals surface area contributed by atoms with E-state index in [0.717, 1.165) is 46.7 Å². The Hall–Kier alpha value is -5.26. The molecule has 0 saturated carbocycles. The highest BCUT2D eigenvalue weighted by atomic mass is 19.4. The van der Waals surface area contributed by atoms with Crippen molar-refractivity contribution in [3.63, 3.8) is 0 Å². The van der Waals surface area contributed by atoms with Crippen molar-refractivity contribution in [3.8, 4) is 28.5 Å². The average molecular weight is 723 g/mol. The number of nitrogens with zero attached hydrogens (tertiary/aromatic N) is 2. The minimum atomic E-state index is -4.46. The molecule has 0 bridgehead atoms. The molecule has 3 aromatic carbocycles. The maximum Gasteiger partial charge on any atom is 0.534 e. The Labute approximate surface area is 302 Å². The summed E-state index contributed by atoms with van der Waals surface area (Å²) < 4.78 is 62.6. The summed E-state index contributed by atoms with van der Waals surface area (Å²) in [6.45, 7) is 12.2. The molecule has 0 atom stereocenters. The van der Waals surface area contributed by atoms with Gasteiger partial charge in [-0.1, -0.05) is 61.9 Å². The van der Waals surface area contributed by atoms with Gasteiger partial charge in [0.05, 0.1) is 12.1 Å². The van der Waals surface area contributed by atoms with Crippen LogP contribution in [0, 0.1) is 0 Å². The number of benzene rings is 3. The minimum Gasteiger partial charge on any atom is -0.487 e. The van der Waals surface area contributed by atoms with E-state index < -0.39 is 35.2 Å². The van der Waals surface area contributed by atoms with Crippen molar-refractivity contribution in [2.75, 3.05) is 6.54 Å². The number of aromatic nitrogens is 1. The number of alkyl halides is 3. The second-order valence-corrected chi connectivity index (χ2v) is 14.0. The smallest absolute Gasteiger partial charge is 0.487 e.